The van der Waals surface area contributed by atoms with E-state index in [0.717, 1.165) is 42.0 Å². The second-order valence-corrected chi connectivity index (χ2v) is 10.2. The van der Waals surface area contributed by atoms with Crippen molar-refractivity contribution in [3.05, 3.63) is 41.3 Å². The summed E-state index contributed by atoms with van der Waals surface area (Å²) in [7, 11) is 0. The molecule has 35 heavy (non-hydrogen) atoms. The number of alkyl halides is 3. The number of benzene rings is 1. The van der Waals surface area contributed by atoms with Gasteiger partial charge in [0.1, 0.15) is 0 Å². The number of thioether (sulfide) groups is 1. The summed E-state index contributed by atoms with van der Waals surface area (Å²) < 4.78 is 50.7. The lowest BCUT2D eigenvalue weighted by molar-refractivity contribution is -0.144. The number of hydrogen-bond acceptors (Lipinski definition) is 8. The quantitative estimate of drug-likeness (QED) is 0.179. The second kappa shape index (κ2) is 13.0. The number of unbranched alkanes of at least 4 members (excludes halogenated alkanes) is 1. The third-order valence-corrected chi connectivity index (χ3v) is 7.53. The Morgan fingerprint density at radius 1 is 1.26 bits per heavy atom. The number of halogens is 3. The number of esters is 1. The van der Waals surface area contributed by atoms with E-state index in [4.69, 9.17) is 9.15 Å². The van der Waals surface area contributed by atoms with Crippen LogP contribution in [0.4, 0.5) is 24.9 Å². The number of carbonyl (C=O) groups excluding carboxylic acids is 1. The highest BCUT2D eigenvalue weighted by Gasteiger charge is 2.30. The zero-order valence-corrected chi connectivity index (χ0v) is 21.2. The van der Waals surface area contributed by atoms with Gasteiger partial charge in [0.05, 0.1) is 28.4 Å². The fraction of sp³-hybridized carbons (Fsp3) is 0.458. The molecule has 0 radical (unpaired) electrons. The van der Waals surface area contributed by atoms with Crippen molar-refractivity contribution >= 4 is 40.8 Å². The van der Waals surface area contributed by atoms with Gasteiger partial charge in [0.2, 0.25) is 0 Å². The Balaban J connectivity index is 1.52. The molecular formula is C24H28F3N3O3S2. The van der Waals surface area contributed by atoms with Crippen LogP contribution in [0.2, 0.25) is 0 Å². The summed E-state index contributed by atoms with van der Waals surface area (Å²) in [5, 5.41) is 12.5. The Labute approximate surface area is 210 Å². The minimum atomic E-state index is -4.44. The normalized spacial score (nSPS) is 12.5. The third-order valence-electron chi connectivity index (χ3n) is 5.29. The van der Waals surface area contributed by atoms with E-state index in [9.17, 15) is 18.0 Å². The number of hydrogen-bond donors (Lipinski definition) is 1. The molecule has 1 atom stereocenters. The molecule has 6 nitrogen and oxygen atoms in total. The average molecular weight is 528 g/mol. The van der Waals surface area contributed by atoms with Gasteiger partial charge in [-0.25, -0.2) is 0 Å². The number of thiophene rings is 1. The number of aromatic nitrogens is 2. The lowest BCUT2D eigenvalue weighted by atomic mass is 10.0. The highest BCUT2D eigenvalue weighted by molar-refractivity contribution is 8.01. The number of nitrogens with one attached hydrogen (secondary N) is 1. The van der Waals surface area contributed by atoms with Gasteiger partial charge in [-0.05, 0) is 42.0 Å². The van der Waals surface area contributed by atoms with E-state index in [2.05, 4.69) is 29.4 Å². The van der Waals surface area contributed by atoms with E-state index in [1.54, 1.807) is 0 Å². The lowest BCUT2D eigenvalue weighted by Crippen LogP contribution is -2.14. The van der Waals surface area contributed by atoms with Gasteiger partial charge in [0, 0.05) is 11.4 Å². The van der Waals surface area contributed by atoms with Gasteiger partial charge >= 0.3 is 18.2 Å². The number of ether oxygens (including phenoxy) is 1. The molecule has 0 amide bonds. The van der Waals surface area contributed by atoms with Crippen molar-refractivity contribution in [3.63, 3.8) is 0 Å². The van der Waals surface area contributed by atoms with Crippen LogP contribution in [-0.2, 0) is 15.7 Å². The van der Waals surface area contributed by atoms with E-state index in [1.165, 1.54) is 35.2 Å². The van der Waals surface area contributed by atoms with E-state index in [0.29, 0.717) is 30.3 Å². The van der Waals surface area contributed by atoms with Crippen molar-refractivity contribution in [1.29, 1.82) is 0 Å². The molecule has 0 fully saturated rings. The molecule has 3 aromatic rings. The Morgan fingerprint density at radius 3 is 2.83 bits per heavy atom. The van der Waals surface area contributed by atoms with Gasteiger partial charge in [-0.3, -0.25) is 4.79 Å². The van der Waals surface area contributed by atoms with E-state index in [-0.39, 0.29) is 23.6 Å². The van der Waals surface area contributed by atoms with Crippen molar-refractivity contribution in [1.82, 2.24) is 10.2 Å². The summed E-state index contributed by atoms with van der Waals surface area (Å²) in [5.74, 6) is 0.983. The standard InChI is InChI=1S/C24H28F3N3O3S2/c1-3-5-7-16(4-2)15-32-20(31)11-13-35-22-19(10-12-34-22)21-29-30-23(33-21)28-18-9-6-8-17(14-18)24(25,26)27/h6,8-10,12,14,16H,3-5,7,11,13,15H2,1-2H3,(H,28,30). The molecule has 1 aromatic carbocycles. The molecule has 0 aliphatic carbocycles. The van der Waals surface area contributed by atoms with Crippen molar-refractivity contribution in [2.24, 2.45) is 5.92 Å². The molecule has 0 saturated carbocycles. The van der Waals surface area contributed by atoms with Crippen LogP contribution in [0, 0.1) is 5.92 Å². The maximum absolute atomic E-state index is 12.9. The monoisotopic (exact) mass is 527 g/mol. The van der Waals surface area contributed by atoms with Gasteiger partial charge in [-0.15, -0.1) is 28.2 Å². The third kappa shape index (κ3) is 8.28. The highest BCUT2D eigenvalue weighted by atomic mass is 32.2. The Bertz CT molecular complexity index is 1090. The molecule has 3 rings (SSSR count). The van der Waals surface area contributed by atoms with Crippen molar-refractivity contribution < 1.29 is 27.1 Å². The Kier molecular flexibility index (Phi) is 10.0. The van der Waals surface area contributed by atoms with Gasteiger partial charge < -0.3 is 14.5 Å². The molecule has 1 unspecified atom stereocenters. The van der Waals surface area contributed by atoms with Gasteiger partial charge in [-0.1, -0.05) is 44.3 Å². The number of anilines is 2. The molecule has 190 valence electrons. The first-order valence-corrected chi connectivity index (χ1v) is 13.3. The molecule has 0 aliphatic heterocycles. The van der Waals surface area contributed by atoms with Crippen molar-refractivity contribution in [2.45, 2.75) is 56.3 Å². The van der Waals surface area contributed by atoms with Crippen molar-refractivity contribution in [2.75, 3.05) is 17.7 Å². The van der Waals surface area contributed by atoms with Crippen LogP contribution in [0.5, 0.6) is 0 Å². The first kappa shape index (κ1) is 27.1. The van der Waals surface area contributed by atoms with E-state index in [1.807, 2.05) is 11.4 Å². The fourth-order valence-electron chi connectivity index (χ4n) is 3.25. The first-order valence-electron chi connectivity index (χ1n) is 11.4. The molecule has 0 spiro atoms. The van der Waals surface area contributed by atoms with Crippen LogP contribution in [-0.4, -0.2) is 28.5 Å². The summed E-state index contributed by atoms with van der Waals surface area (Å²) >= 11 is 2.98. The molecule has 2 heterocycles. The molecule has 1 N–H and O–H groups in total. The van der Waals surface area contributed by atoms with Crippen LogP contribution >= 0.6 is 23.1 Å². The summed E-state index contributed by atoms with van der Waals surface area (Å²) in [6, 6.07) is 6.56. The molecule has 2 aromatic heterocycles. The Morgan fingerprint density at radius 2 is 2.09 bits per heavy atom. The van der Waals surface area contributed by atoms with E-state index >= 15 is 0 Å². The maximum Gasteiger partial charge on any atom is 0.416 e. The number of carbonyl (C=O) groups is 1. The van der Waals surface area contributed by atoms with Gasteiger partial charge in [0.25, 0.3) is 5.89 Å². The minimum absolute atomic E-state index is 0.0152. The summed E-state index contributed by atoms with van der Waals surface area (Å²) in [6.07, 6.45) is 0.183. The average Bonchev–Trinajstić information content (AvgIpc) is 3.48. The van der Waals surface area contributed by atoms with Crippen LogP contribution in [0.1, 0.15) is 51.5 Å². The van der Waals surface area contributed by atoms with Crippen LogP contribution in [0.3, 0.4) is 0 Å². The van der Waals surface area contributed by atoms with E-state index < -0.39 is 11.7 Å². The van der Waals surface area contributed by atoms with Crippen LogP contribution in [0.15, 0.2) is 44.3 Å². The zero-order chi connectivity index (χ0) is 25.3. The number of rotatable bonds is 13. The summed E-state index contributed by atoms with van der Waals surface area (Å²) in [4.78, 5) is 12.1. The molecule has 0 aliphatic rings. The largest absolute Gasteiger partial charge is 0.465 e. The second-order valence-electron chi connectivity index (χ2n) is 7.94. The molecule has 0 bridgehead atoms. The summed E-state index contributed by atoms with van der Waals surface area (Å²) in [5.41, 5.74) is 0.125. The smallest absolute Gasteiger partial charge is 0.416 e. The zero-order valence-electron chi connectivity index (χ0n) is 19.6. The summed E-state index contributed by atoms with van der Waals surface area (Å²) in [6.45, 7) is 4.73. The van der Waals surface area contributed by atoms with Crippen LogP contribution in [0.25, 0.3) is 11.5 Å². The SMILES string of the molecule is CCCCC(CC)COC(=O)CCSc1sccc1-c1nnc(Nc2cccc(C(F)(F)F)c2)o1. The highest BCUT2D eigenvalue weighted by Crippen LogP contribution is 2.37. The molecule has 0 saturated heterocycles. The number of nitrogens with zero attached hydrogens (tertiary/aromatic N) is 2. The van der Waals surface area contributed by atoms with Crippen molar-refractivity contribution in [3.8, 4) is 11.5 Å². The fourth-order valence-corrected chi connectivity index (χ4v) is 5.32. The predicted molar refractivity (Wildman–Crippen MR) is 132 cm³/mol. The predicted octanol–water partition coefficient (Wildman–Crippen LogP) is 7.80. The maximum atomic E-state index is 12.9. The Hall–Kier alpha value is -2.53. The van der Waals surface area contributed by atoms with Crippen LogP contribution < -0.4 is 5.32 Å². The molecule has 11 heteroatoms. The lowest BCUT2D eigenvalue weighted by Gasteiger charge is -2.14. The molecular weight excluding hydrogens is 499 g/mol. The first-order chi connectivity index (χ1) is 16.8. The topological polar surface area (TPSA) is 77.2 Å². The minimum Gasteiger partial charge on any atom is -0.465 e. The van der Waals surface area contributed by atoms with Gasteiger partial charge in [0.15, 0.2) is 0 Å². The van der Waals surface area contributed by atoms with Gasteiger partial charge in [-0.2, -0.15) is 13.2 Å².